The summed E-state index contributed by atoms with van der Waals surface area (Å²) in [5.74, 6) is -1.57. The number of Topliss-reactive ketones (excluding diaryl/α,β-unsaturated/α-hetero) is 1. The van der Waals surface area contributed by atoms with Gasteiger partial charge in [0, 0.05) is 13.6 Å². The van der Waals surface area contributed by atoms with Crippen LogP contribution in [0.1, 0.15) is 40.1 Å². The predicted molar refractivity (Wildman–Crippen MR) is 101 cm³/mol. The second kappa shape index (κ2) is 8.03. The van der Waals surface area contributed by atoms with E-state index in [0.717, 1.165) is 4.57 Å². The fourth-order valence-electron chi connectivity index (χ4n) is 2.67. The average Bonchev–Trinajstić information content (AvgIpc) is 2.62. The number of hydrogen-bond donors (Lipinski definition) is 1. The predicted octanol–water partition coefficient (Wildman–Crippen LogP) is 1.13. The van der Waals surface area contributed by atoms with Crippen molar-refractivity contribution in [3.63, 3.8) is 0 Å². The van der Waals surface area contributed by atoms with Crippen LogP contribution >= 0.6 is 0 Å². The summed E-state index contributed by atoms with van der Waals surface area (Å²) in [5.41, 5.74) is 5.21. The van der Waals surface area contributed by atoms with E-state index in [1.54, 1.807) is 31.2 Å². The third kappa shape index (κ3) is 4.16. The zero-order chi connectivity index (χ0) is 20.3. The molecule has 0 aliphatic carbocycles. The third-order valence-electron chi connectivity index (χ3n) is 4.11. The molecule has 1 aromatic carbocycles. The van der Waals surface area contributed by atoms with Crippen molar-refractivity contribution in [3.8, 4) is 0 Å². The molecule has 8 heteroatoms. The van der Waals surface area contributed by atoms with Crippen molar-refractivity contribution in [2.24, 2.45) is 13.0 Å². The number of aromatic nitrogens is 2. The Hall–Kier alpha value is -3.16. The van der Waals surface area contributed by atoms with Gasteiger partial charge < -0.3 is 10.5 Å². The van der Waals surface area contributed by atoms with Crippen LogP contribution in [0.15, 0.2) is 33.9 Å². The van der Waals surface area contributed by atoms with Gasteiger partial charge in [-0.25, -0.2) is 9.59 Å². The summed E-state index contributed by atoms with van der Waals surface area (Å²) >= 11 is 0. The minimum atomic E-state index is -0.811. The van der Waals surface area contributed by atoms with Crippen molar-refractivity contribution in [1.29, 1.82) is 0 Å². The normalized spacial score (nSPS) is 10.9. The van der Waals surface area contributed by atoms with Gasteiger partial charge in [-0.15, -0.1) is 0 Å². The van der Waals surface area contributed by atoms with E-state index in [0.29, 0.717) is 11.1 Å². The first-order valence-corrected chi connectivity index (χ1v) is 8.50. The van der Waals surface area contributed by atoms with Gasteiger partial charge in [-0.3, -0.25) is 18.7 Å². The Morgan fingerprint density at radius 3 is 2.41 bits per heavy atom. The van der Waals surface area contributed by atoms with Gasteiger partial charge in [0.2, 0.25) is 5.78 Å². The quantitative estimate of drug-likeness (QED) is 0.600. The van der Waals surface area contributed by atoms with Gasteiger partial charge >= 0.3 is 11.7 Å². The average molecular weight is 373 g/mol. The molecule has 0 bridgehead atoms. The van der Waals surface area contributed by atoms with E-state index in [-0.39, 0.29) is 23.8 Å². The molecule has 0 atom stereocenters. The number of nitrogens with zero attached hydrogens (tertiary/aromatic N) is 2. The molecule has 2 N–H and O–H groups in total. The second-order valence-corrected chi connectivity index (χ2v) is 6.73. The summed E-state index contributed by atoms with van der Waals surface area (Å²) in [4.78, 5) is 49.3. The van der Waals surface area contributed by atoms with Gasteiger partial charge in [-0.05, 0) is 24.5 Å². The molecule has 27 heavy (non-hydrogen) atoms. The highest BCUT2D eigenvalue weighted by atomic mass is 16.5. The Labute approximate surface area is 156 Å². The molecule has 0 saturated carbocycles. The smallest absolute Gasteiger partial charge is 0.338 e. The van der Waals surface area contributed by atoms with Crippen molar-refractivity contribution < 1.29 is 14.3 Å². The number of anilines is 1. The maximum atomic E-state index is 12.5. The van der Waals surface area contributed by atoms with Gasteiger partial charge in [0.25, 0.3) is 5.56 Å². The number of aryl methyl sites for hydroxylation is 1. The number of benzene rings is 1. The molecule has 0 radical (unpaired) electrons. The molecule has 0 amide bonds. The third-order valence-corrected chi connectivity index (χ3v) is 4.11. The van der Waals surface area contributed by atoms with Crippen LogP contribution in [0.25, 0.3) is 0 Å². The van der Waals surface area contributed by atoms with Crippen LogP contribution in [0.2, 0.25) is 0 Å². The highest BCUT2D eigenvalue weighted by Gasteiger charge is 2.23. The van der Waals surface area contributed by atoms with E-state index < -0.39 is 29.6 Å². The zero-order valence-corrected chi connectivity index (χ0v) is 15.8. The SMILES string of the molecule is Cc1ccccc1C(=O)OCC(=O)c1c(N)n(CC(C)C)c(=O)n(C)c1=O. The van der Waals surface area contributed by atoms with Gasteiger partial charge in [0.05, 0.1) is 5.56 Å². The molecule has 1 heterocycles. The van der Waals surface area contributed by atoms with Crippen molar-refractivity contribution in [2.75, 3.05) is 12.3 Å². The Morgan fingerprint density at radius 1 is 1.19 bits per heavy atom. The van der Waals surface area contributed by atoms with Gasteiger partial charge in [-0.2, -0.15) is 0 Å². The summed E-state index contributed by atoms with van der Waals surface area (Å²) in [7, 11) is 1.27. The number of carbonyl (C=O) groups is 2. The summed E-state index contributed by atoms with van der Waals surface area (Å²) in [6.45, 7) is 5.10. The standard InChI is InChI=1S/C19H23N3O5/c1-11(2)9-22-16(20)15(17(24)21(4)19(22)26)14(23)10-27-18(25)13-8-6-5-7-12(13)3/h5-8,11H,9-10,20H2,1-4H3. The number of ketones is 1. The summed E-state index contributed by atoms with van der Waals surface area (Å²) in [5, 5.41) is 0. The number of ether oxygens (including phenoxy) is 1. The molecule has 8 nitrogen and oxygen atoms in total. The molecule has 0 unspecified atom stereocenters. The zero-order valence-electron chi connectivity index (χ0n) is 15.8. The Kier molecular flexibility index (Phi) is 5.99. The largest absolute Gasteiger partial charge is 0.454 e. The van der Waals surface area contributed by atoms with E-state index in [1.807, 2.05) is 13.8 Å². The van der Waals surface area contributed by atoms with Crippen LogP contribution in [0.4, 0.5) is 5.82 Å². The topological polar surface area (TPSA) is 113 Å². The summed E-state index contributed by atoms with van der Waals surface area (Å²) in [6, 6.07) is 6.78. The van der Waals surface area contributed by atoms with E-state index in [2.05, 4.69) is 0 Å². The van der Waals surface area contributed by atoms with Crippen molar-refractivity contribution in [2.45, 2.75) is 27.3 Å². The fraction of sp³-hybridized carbons (Fsp3) is 0.368. The lowest BCUT2D eigenvalue weighted by Crippen LogP contribution is -2.43. The Bertz CT molecular complexity index is 1000. The monoisotopic (exact) mass is 373 g/mol. The van der Waals surface area contributed by atoms with Crippen LogP contribution < -0.4 is 17.0 Å². The van der Waals surface area contributed by atoms with Gasteiger partial charge in [-0.1, -0.05) is 32.0 Å². The second-order valence-electron chi connectivity index (χ2n) is 6.73. The molecule has 2 rings (SSSR count). The van der Waals surface area contributed by atoms with Crippen LogP contribution in [-0.2, 0) is 18.3 Å². The van der Waals surface area contributed by atoms with Crippen molar-refractivity contribution in [3.05, 3.63) is 61.8 Å². The maximum absolute atomic E-state index is 12.5. The van der Waals surface area contributed by atoms with E-state index >= 15 is 0 Å². The number of nitrogens with two attached hydrogens (primary N) is 1. The lowest BCUT2D eigenvalue weighted by Gasteiger charge is -2.16. The minimum absolute atomic E-state index is 0.0735. The molecule has 0 fully saturated rings. The molecular formula is C19H23N3O5. The molecule has 1 aromatic heterocycles. The fourth-order valence-corrected chi connectivity index (χ4v) is 2.67. The van der Waals surface area contributed by atoms with Gasteiger partial charge in [0.15, 0.2) is 6.61 Å². The molecule has 0 aliphatic heterocycles. The molecular weight excluding hydrogens is 350 g/mol. The lowest BCUT2D eigenvalue weighted by molar-refractivity contribution is 0.0473. The summed E-state index contributed by atoms with van der Waals surface area (Å²) in [6.07, 6.45) is 0. The lowest BCUT2D eigenvalue weighted by atomic mass is 10.1. The first kappa shape index (κ1) is 20.2. The number of rotatable bonds is 6. The van der Waals surface area contributed by atoms with Crippen LogP contribution in [0.5, 0.6) is 0 Å². The minimum Gasteiger partial charge on any atom is -0.454 e. The number of carbonyl (C=O) groups excluding carboxylic acids is 2. The highest BCUT2D eigenvalue weighted by Crippen LogP contribution is 2.11. The molecule has 0 spiro atoms. The van der Waals surface area contributed by atoms with Crippen LogP contribution in [0.3, 0.4) is 0 Å². The van der Waals surface area contributed by atoms with Crippen LogP contribution in [0, 0.1) is 12.8 Å². The number of nitrogen functional groups attached to an aromatic ring is 1. The highest BCUT2D eigenvalue weighted by molar-refractivity contribution is 6.02. The van der Waals surface area contributed by atoms with E-state index in [9.17, 15) is 19.2 Å². The first-order chi connectivity index (χ1) is 12.6. The molecule has 2 aromatic rings. The molecule has 0 saturated heterocycles. The van der Waals surface area contributed by atoms with E-state index in [4.69, 9.17) is 10.5 Å². The van der Waals surface area contributed by atoms with Gasteiger partial charge in [0.1, 0.15) is 11.4 Å². The maximum Gasteiger partial charge on any atom is 0.338 e. The van der Waals surface area contributed by atoms with Crippen molar-refractivity contribution >= 4 is 17.6 Å². The first-order valence-electron chi connectivity index (χ1n) is 8.50. The molecule has 0 aliphatic rings. The Morgan fingerprint density at radius 2 is 1.81 bits per heavy atom. The summed E-state index contributed by atoms with van der Waals surface area (Å²) < 4.78 is 7.06. The van der Waals surface area contributed by atoms with Crippen molar-refractivity contribution in [1.82, 2.24) is 9.13 Å². The number of esters is 1. The number of hydrogen-bond acceptors (Lipinski definition) is 6. The van der Waals surface area contributed by atoms with E-state index in [1.165, 1.54) is 11.6 Å². The molecule has 144 valence electrons. The Balaban J connectivity index is 2.32. The van der Waals surface area contributed by atoms with Crippen LogP contribution in [-0.4, -0.2) is 27.5 Å².